The maximum absolute atomic E-state index is 13.4. The average Bonchev–Trinajstić information content (AvgIpc) is 3.19. The second kappa shape index (κ2) is 9.43. The van der Waals surface area contributed by atoms with E-state index in [1.165, 1.54) is 0 Å². The summed E-state index contributed by atoms with van der Waals surface area (Å²) in [6, 6.07) is 16.4. The van der Waals surface area contributed by atoms with Gasteiger partial charge in [-0.15, -0.1) is 0 Å². The summed E-state index contributed by atoms with van der Waals surface area (Å²) >= 11 is 0. The van der Waals surface area contributed by atoms with Crippen molar-refractivity contribution in [2.75, 3.05) is 51.3 Å². The Kier molecular flexibility index (Phi) is 6.22. The number of piperidine rings is 1. The zero-order valence-electron chi connectivity index (χ0n) is 19.6. The van der Waals surface area contributed by atoms with Crippen molar-refractivity contribution in [1.82, 2.24) is 19.4 Å². The lowest BCUT2D eigenvalue weighted by molar-refractivity contribution is -0.137. The van der Waals surface area contributed by atoms with Gasteiger partial charge >= 0.3 is 0 Å². The summed E-state index contributed by atoms with van der Waals surface area (Å²) in [5.74, 6) is 2.34. The van der Waals surface area contributed by atoms with Crippen molar-refractivity contribution < 1.29 is 9.53 Å². The molecule has 7 nitrogen and oxygen atoms in total. The molecule has 3 heterocycles. The highest BCUT2D eigenvalue weighted by Crippen LogP contribution is 2.29. The average molecular weight is 448 g/mol. The quantitative estimate of drug-likeness (QED) is 0.602. The van der Waals surface area contributed by atoms with Crippen molar-refractivity contribution in [3.05, 3.63) is 54.4 Å². The van der Waals surface area contributed by atoms with Gasteiger partial charge in [-0.25, -0.2) is 4.98 Å². The number of fused-ring (bicyclic) bond motifs is 1. The first-order valence-corrected chi connectivity index (χ1v) is 11.9. The second-order valence-corrected chi connectivity index (χ2v) is 9.13. The molecule has 7 heteroatoms. The van der Waals surface area contributed by atoms with Gasteiger partial charge in [0.2, 0.25) is 5.91 Å². The summed E-state index contributed by atoms with van der Waals surface area (Å²) in [6.07, 6.45) is 2.03. The number of piperazine rings is 1. The SMILES string of the molecule is COc1ccccc1N1CCN(C(=O)[C@H]2CCCN(Cc3nc4ccccc4n3C)C2)CC1. The van der Waals surface area contributed by atoms with Crippen molar-refractivity contribution in [2.24, 2.45) is 13.0 Å². The van der Waals surface area contributed by atoms with Crippen LogP contribution in [-0.2, 0) is 18.4 Å². The van der Waals surface area contributed by atoms with Crippen LogP contribution in [0.15, 0.2) is 48.5 Å². The second-order valence-electron chi connectivity index (χ2n) is 9.13. The first-order chi connectivity index (χ1) is 16.1. The highest BCUT2D eigenvalue weighted by molar-refractivity contribution is 5.79. The van der Waals surface area contributed by atoms with Gasteiger partial charge in [0.05, 0.1) is 36.3 Å². The Labute approximate surface area is 195 Å². The van der Waals surface area contributed by atoms with E-state index in [4.69, 9.17) is 9.72 Å². The first kappa shape index (κ1) is 21.8. The number of likely N-dealkylation sites (tertiary alicyclic amines) is 1. The van der Waals surface area contributed by atoms with E-state index in [0.29, 0.717) is 5.91 Å². The minimum Gasteiger partial charge on any atom is -0.495 e. The van der Waals surface area contributed by atoms with Gasteiger partial charge in [-0.2, -0.15) is 0 Å². The molecular weight excluding hydrogens is 414 g/mol. The Hall–Kier alpha value is -3.06. The van der Waals surface area contributed by atoms with Gasteiger partial charge in [-0.1, -0.05) is 24.3 Å². The van der Waals surface area contributed by atoms with Crippen molar-refractivity contribution >= 4 is 22.6 Å². The topological polar surface area (TPSA) is 53.8 Å². The molecule has 0 aliphatic carbocycles. The van der Waals surface area contributed by atoms with Crippen molar-refractivity contribution in [1.29, 1.82) is 0 Å². The van der Waals surface area contributed by atoms with E-state index in [-0.39, 0.29) is 5.92 Å². The number of carbonyl (C=O) groups excluding carboxylic acids is 1. The molecule has 2 aliphatic heterocycles. The number of aromatic nitrogens is 2. The fourth-order valence-electron chi connectivity index (χ4n) is 5.25. The Morgan fingerprint density at radius 1 is 1.03 bits per heavy atom. The predicted octanol–water partition coefficient (Wildman–Crippen LogP) is 3.14. The van der Waals surface area contributed by atoms with Crippen LogP contribution < -0.4 is 9.64 Å². The molecule has 5 rings (SSSR count). The van der Waals surface area contributed by atoms with Gasteiger partial charge in [-0.3, -0.25) is 9.69 Å². The molecule has 0 N–H and O–H groups in total. The van der Waals surface area contributed by atoms with Gasteiger partial charge in [0.25, 0.3) is 0 Å². The number of carbonyl (C=O) groups is 1. The molecule has 2 fully saturated rings. The van der Waals surface area contributed by atoms with Gasteiger partial charge < -0.3 is 19.1 Å². The Balaban J connectivity index is 1.19. The molecule has 0 spiro atoms. The molecule has 0 saturated carbocycles. The predicted molar refractivity (Wildman–Crippen MR) is 131 cm³/mol. The lowest BCUT2D eigenvalue weighted by Gasteiger charge is -2.40. The molecule has 1 atom stereocenters. The summed E-state index contributed by atoms with van der Waals surface area (Å²) in [7, 11) is 3.79. The van der Waals surface area contributed by atoms with Gasteiger partial charge in [0.1, 0.15) is 11.6 Å². The third kappa shape index (κ3) is 4.42. The molecule has 0 radical (unpaired) electrons. The Morgan fingerprint density at radius 3 is 2.58 bits per heavy atom. The number of para-hydroxylation sites is 4. The van der Waals surface area contributed by atoms with Crippen LogP contribution in [0.4, 0.5) is 5.69 Å². The van der Waals surface area contributed by atoms with Crippen LogP contribution in [-0.4, -0.2) is 71.6 Å². The maximum atomic E-state index is 13.4. The van der Waals surface area contributed by atoms with Gasteiger partial charge in [0, 0.05) is 39.8 Å². The first-order valence-electron chi connectivity index (χ1n) is 11.9. The van der Waals surface area contributed by atoms with Crippen molar-refractivity contribution in [2.45, 2.75) is 19.4 Å². The van der Waals surface area contributed by atoms with Crippen LogP contribution in [0.25, 0.3) is 11.0 Å². The zero-order valence-corrected chi connectivity index (χ0v) is 19.6. The van der Waals surface area contributed by atoms with Crippen LogP contribution in [0.1, 0.15) is 18.7 Å². The third-order valence-electron chi connectivity index (χ3n) is 7.12. The summed E-state index contributed by atoms with van der Waals surface area (Å²) < 4.78 is 7.70. The van der Waals surface area contributed by atoms with Crippen molar-refractivity contribution in [3.63, 3.8) is 0 Å². The number of methoxy groups -OCH3 is 1. The zero-order chi connectivity index (χ0) is 22.8. The molecule has 2 saturated heterocycles. The molecule has 0 bridgehead atoms. The molecular formula is C26H33N5O2. The summed E-state index contributed by atoms with van der Waals surface area (Å²) in [6.45, 7) is 5.82. The van der Waals surface area contributed by atoms with Gasteiger partial charge in [0.15, 0.2) is 0 Å². The van der Waals surface area contributed by atoms with Crippen LogP contribution >= 0.6 is 0 Å². The third-order valence-corrected chi connectivity index (χ3v) is 7.12. The van der Waals surface area contributed by atoms with Gasteiger partial charge in [-0.05, 0) is 43.7 Å². The Morgan fingerprint density at radius 2 is 1.79 bits per heavy atom. The number of anilines is 1. The standard InChI is InChI=1S/C26H33N5O2/c1-28-22-10-4-3-9-21(22)27-25(28)19-29-13-7-8-20(18-29)26(32)31-16-14-30(15-17-31)23-11-5-6-12-24(23)33-2/h3-6,9-12,20H,7-8,13-19H2,1-2H3/t20-/m0/s1. The molecule has 0 unspecified atom stereocenters. The van der Waals surface area contributed by atoms with Crippen LogP contribution in [0.5, 0.6) is 5.75 Å². The normalized spacial score (nSPS) is 19.8. The van der Waals surface area contributed by atoms with Crippen LogP contribution in [0.2, 0.25) is 0 Å². The highest BCUT2D eigenvalue weighted by atomic mass is 16.5. The van der Waals surface area contributed by atoms with Crippen LogP contribution in [0, 0.1) is 5.92 Å². The molecule has 2 aliphatic rings. The summed E-state index contributed by atoms with van der Waals surface area (Å²) in [4.78, 5) is 25.0. The minimum atomic E-state index is 0.0752. The van der Waals surface area contributed by atoms with E-state index in [9.17, 15) is 4.79 Å². The minimum absolute atomic E-state index is 0.0752. The number of rotatable bonds is 5. The maximum Gasteiger partial charge on any atom is 0.227 e. The molecule has 1 amide bonds. The molecule has 33 heavy (non-hydrogen) atoms. The largest absolute Gasteiger partial charge is 0.495 e. The molecule has 3 aromatic rings. The van der Waals surface area contributed by atoms with E-state index in [0.717, 1.165) is 86.9 Å². The van der Waals surface area contributed by atoms with Crippen molar-refractivity contribution in [3.8, 4) is 5.75 Å². The number of aryl methyl sites for hydroxylation is 1. The van der Waals surface area contributed by atoms with E-state index in [2.05, 4.69) is 50.6 Å². The number of hydrogen-bond donors (Lipinski definition) is 0. The van der Waals surface area contributed by atoms with E-state index < -0.39 is 0 Å². The number of benzene rings is 2. The monoisotopic (exact) mass is 447 g/mol. The number of hydrogen-bond acceptors (Lipinski definition) is 5. The number of nitrogens with zero attached hydrogens (tertiary/aromatic N) is 5. The number of ether oxygens (including phenoxy) is 1. The number of amides is 1. The lowest BCUT2D eigenvalue weighted by Crippen LogP contribution is -2.52. The molecule has 1 aromatic heterocycles. The van der Waals surface area contributed by atoms with E-state index in [1.807, 2.05) is 24.3 Å². The summed E-state index contributed by atoms with van der Waals surface area (Å²) in [5, 5.41) is 0. The molecule has 2 aromatic carbocycles. The fourth-order valence-corrected chi connectivity index (χ4v) is 5.25. The van der Waals surface area contributed by atoms with Crippen LogP contribution in [0.3, 0.4) is 0 Å². The summed E-state index contributed by atoms with van der Waals surface area (Å²) in [5.41, 5.74) is 3.30. The number of imidazole rings is 1. The van der Waals surface area contributed by atoms with E-state index in [1.54, 1.807) is 7.11 Å². The Bertz CT molecular complexity index is 1120. The fraction of sp³-hybridized carbons (Fsp3) is 0.462. The molecule has 174 valence electrons. The van der Waals surface area contributed by atoms with E-state index >= 15 is 0 Å². The smallest absolute Gasteiger partial charge is 0.227 e. The lowest BCUT2D eigenvalue weighted by atomic mass is 9.96. The highest BCUT2D eigenvalue weighted by Gasteiger charge is 2.32.